The van der Waals surface area contributed by atoms with Crippen LogP contribution in [0.1, 0.15) is 66.2 Å². The first-order valence-corrected chi connectivity index (χ1v) is 8.00. The van der Waals surface area contributed by atoms with Crippen LogP contribution in [0.3, 0.4) is 0 Å². The zero-order valence-corrected chi connectivity index (χ0v) is 13.1. The molecule has 0 amide bonds. The second-order valence-electron chi connectivity index (χ2n) is 6.81. The van der Waals surface area contributed by atoms with E-state index in [9.17, 15) is 0 Å². The number of nitrogens with zero attached hydrogens (tertiary/aromatic N) is 1. The highest BCUT2D eigenvalue weighted by atomic mass is 15.2. The lowest BCUT2D eigenvalue weighted by Crippen LogP contribution is -2.41. The van der Waals surface area contributed by atoms with E-state index in [-0.39, 0.29) is 0 Å². The Balaban J connectivity index is 2.18. The molecule has 0 radical (unpaired) electrons. The highest BCUT2D eigenvalue weighted by Crippen LogP contribution is 2.30. The van der Waals surface area contributed by atoms with Crippen LogP contribution in [0.5, 0.6) is 0 Å². The topological polar surface area (TPSA) is 15.3 Å². The summed E-state index contributed by atoms with van der Waals surface area (Å²) in [6.45, 7) is 14.4. The zero-order chi connectivity index (χ0) is 13.4. The zero-order valence-electron chi connectivity index (χ0n) is 13.1. The van der Waals surface area contributed by atoms with Gasteiger partial charge < -0.3 is 5.32 Å². The molecule has 1 N–H and O–H groups in total. The summed E-state index contributed by atoms with van der Waals surface area (Å²) in [6, 6.07) is 0.695. The molecule has 1 rings (SSSR count). The Morgan fingerprint density at radius 2 is 1.94 bits per heavy atom. The van der Waals surface area contributed by atoms with Gasteiger partial charge >= 0.3 is 0 Å². The van der Waals surface area contributed by atoms with Crippen LogP contribution in [0.2, 0.25) is 0 Å². The first kappa shape index (κ1) is 16.0. The maximum Gasteiger partial charge on any atom is 0.0192 e. The molecule has 0 aliphatic carbocycles. The summed E-state index contributed by atoms with van der Waals surface area (Å²) in [5.41, 5.74) is 0.559. The lowest BCUT2D eigenvalue weighted by molar-refractivity contribution is 0.202. The predicted molar refractivity (Wildman–Crippen MR) is 81.1 cm³/mol. The molecule has 1 unspecified atom stereocenters. The highest BCUT2D eigenvalue weighted by Gasteiger charge is 2.24. The molecule has 0 bridgehead atoms. The van der Waals surface area contributed by atoms with E-state index >= 15 is 0 Å². The van der Waals surface area contributed by atoms with Gasteiger partial charge in [0.2, 0.25) is 0 Å². The number of nitrogens with one attached hydrogen (secondary N) is 1. The Hall–Kier alpha value is -0.0800. The number of likely N-dealkylation sites (tertiary alicyclic amines) is 1. The molecule has 108 valence electrons. The van der Waals surface area contributed by atoms with Crippen LogP contribution in [0, 0.1) is 5.41 Å². The van der Waals surface area contributed by atoms with Crippen LogP contribution in [-0.4, -0.2) is 37.1 Å². The van der Waals surface area contributed by atoms with E-state index in [0.29, 0.717) is 11.5 Å². The SMILES string of the molecule is CCCCCNCC(C)N1CCCC(C)(C)CC1. The van der Waals surface area contributed by atoms with Crippen LogP contribution < -0.4 is 5.32 Å². The van der Waals surface area contributed by atoms with Gasteiger partial charge in [-0.3, -0.25) is 4.90 Å². The fourth-order valence-corrected chi connectivity index (χ4v) is 2.82. The molecule has 1 atom stereocenters. The fraction of sp³-hybridized carbons (Fsp3) is 1.00. The second-order valence-corrected chi connectivity index (χ2v) is 6.81. The lowest BCUT2D eigenvalue weighted by Gasteiger charge is -2.28. The summed E-state index contributed by atoms with van der Waals surface area (Å²) in [7, 11) is 0. The van der Waals surface area contributed by atoms with Crippen LogP contribution in [-0.2, 0) is 0 Å². The van der Waals surface area contributed by atoms with Crippen LogP contribution >= 0.6 is 0 Å². The van der Waals surface area contributed by atoms with Gasteiger partial charge in [-0.05, 0) is 57.7 Å². The highest BCUT2D eigenvalue weighted by molar-refractivity contribution is 4.79. The fourth-order valence-electron chi connectivity index (χ4n) is 2.82. The molecule has 2 heteroatoms. The average molecular weight is 254 g/mol. The van der Waals surface area contributed by atoms with Crippen molar-refractivity contribution in [1.29, 1.82) is 0 Å². The van der Waals surface area contributed by atoms with Crippen molar-refractivity contribution in [2.24, 2.45) is 5.41 Å². The third kappa shape index (κ3) is 6.19. The monoisotopic (exact) mass is 254 g/mol. The molecule has 0 aromatic heterocycles. The van der Waals surface area contributed by atoms with Gasteiger partial charge in [0.25, 0.3) is 0 Å². The molecule has 1 fully saturated rings. The molecule has 2 nitrogen and oxygen atoms in total. The number of unbranched alkanes of at least 4 members (excludes halogenated alkanes) is 2. The Labute approximate surface area is 115 Å². The molecule has 1 heterocycles. The smallest absolute Gasteiger partial charge is 0.0192 e. The lowest BCUT2D eigenvalue weighted by atomic mass is 9.85. The van der Waals surface area contributed by atoms with E-state index in [1.807, 2.05) is 0 Å². The van der Waals surface area contributed by atoms with Crippen molar-refractivity contribution in [1.82, 2.24) is 10.2 Å². The first-order valence-electron chi connectivity index (χ1n) is 8.00. The molecule has 0 aromatic carbocycles. The van der Waals surface area contributed by atoms with Gasteiger partial charge in [-0.15, -0.1) is 0 Å². The van der Waals surface area contributed by atoms with Crippen LogP contribution in [0.25, 0.3) is 0 Å². The molecule has 0 spiro atoms. The van der Waals surface area contributed by atoms with E-state index in [1.165, 1.54) is 58.2 Å². The van der Waals surface area contributed by atoms with E-state index in [0.717, 1.165) is 6.54 Å². The molecule has 0 saturated carbocycles. The average Bonchev–Trinajstić information content (AvgIpc) is 2.50. The maximum absolute atomic E-state index is 3.62. The second kappa shape index (κ2) is 8.16. The maximum atomic E-state index is 3.62. The van der Waals surface area contributed by atoms with E-state index < -0.39 is 0 Å². The minimum Gasteiger partial charge on any atom is -0.315 e. The van der Waals surface area contributed by atoms with Crippen molar-refractivity contribution in [3.05, 3.63) is 0 Å². The van der Waals surface area contributed by atoms with Crippen LogP contribution in [0.4, 0.5) is 0 Å². The van der Waals surface area contributed by atoms with Crippen molar-refractivity contribution in [2.75, 3.05) is 26.2 Å². The van der Waals surface area contributed by atoms with Crippen molar-refractivity contribution in [2.45, 2.75) is 72.3 Å². The molecular formula is C16H34N2. The Morgan fingerprint density at radius 1 is 1.17 bits per heavy atom. The Bertz CT molecular complexity index is 213. The summed E-state index contributed by atoms with van der Waals surface area (Å²) >= 11 is 0. The summed E-state index contributed by atoms with van der Waals surface area (Å²) in [6.07, 6.45) is 8.12. The van der Waals surface area contributed by atoms with Crippen molar-refractivity contribution < 1.29 is 0 Å². The van der Waals surface area contributed by atoms with Gasteiger partial charge in [0.15, 0.2) is 0 Å². The normalized spacial score (nSPS) is 22.7. The quantitative estimate of drug-likeness (QED) is 0.697. The molecule has 0 aromatic rings. The molecule has 1 aliphatic rings. The van der Waals surface area contributed by atoms with Gasteiger partial charge in [0.1, 0.15) is 0 Å². The third-order valence-electron chi connectivity index (χ3n) is 4.39. The molecule has 1 saturated heterocycles. The molecule has 18 heavy (non-hydrogen) atoms. The summed E-state index contributed by atoms with van der Waals surface area (Å²) in [5, 5.41) is 3.62. The van der Waals surface area contributed by atoms with Crippen LogP contribution in [0.15, 0.2) is 0 Å². The Morgan fingerprint density at radius 3 is 2.67 bits per heavy atom. The van der Waals surface area contributed by atoms with Gasteiger partial charge in [0, 0.05) is 12.6 Å². The first-order chi connectivity index (χ1) is 8.55. The van der Waals surface area contributed by atoms with E-state index in [4.69, 9.17) is 0 Å². The molecule has 1 aliphatic heterocycles. The summed E-state index contributed by atoms with van der Waals surface area (Å²) in [4.78, 5) is 2.68. The van der Waals surface area contributed by atoms with Crippen molar-refractivity contribution in [3.63, 3.8) is 0 Å². The predicted octanol–water partition coefficient (Wildman–Crippen LogP) is 3.67. The summed E-state index contributed by atoms with van der Waals surface area (Å²) in [5.74, 6) is 0. The van der Waals surface area contributed by atoms with E-state index in [1.54, 1.807) is 0 Å². The number of hydrogen-bond acceptors (Lipinski definition) is 2. The number of hydrogen-bond donors (Lipinski definition) is 1. The largest absolute Gasteiger partial charge is 0.315 e. The van der Waals surface area contributed by atoms with E-state index in [2.05, 4.69) is 37.9 Å². The van der Waals surface area contributed by atoms with Crippen molar-refractivity contribution >= 4 is 0 Å². The van der Waals surface area contributed by atoms with Crippen molar-refractivity contribution in [3.8, 4) is 0 Å². The minimum absolute atomic E-state index is 0.559. The number of rotatable bonds is 7. The van der Waals surface area contributed by atoms with Gasteiger partial charge in [-0.2, -0.15) is 0 Å². The third-order valence-corrected chi connectivity index (χ3v) is 4.39. The van der Waals surface area contributed by atoms with Gasteiger partial charge in [-0.1, -0.05) is 33.6 Å². The molecular weight excluding hydrogens is 220 g/mol. The minimum atomic E-state index is 0.559. The van der Waals surface area contributed by atoms with Gasteiger partial charge in [0.05, 0.1) is 0 Å². The Kier molecular flexibility index (Phi) is 7.25. The standard InChI is InChI=1S/C16H34N2/c1-5-6-7-11-17-14-15(2)18-12-8-9-16(3,4)10-13-18/h15,17H,5-14H2,1-4H3. The van der Waals surface area contributed by atoms with Gasteiger partial charge in [-0.25, -0.2) is 0 Å². The summed E-state index contributed by atoms with van der Waals surface area (Å²) < 4.78 is 0.